The first-order valence-corrected chi connectivity index (χ1v) is 23.0. The molecule has 0 radical (unpaired) electrons. The van der Waals surface area contributed by atoms with E-state index in [4.69, 9.17) is 14.8 Å². The predicted molar refractivity (Wildman–Crippen MR) is 239 cm³/mol. The van der Waals surface area contributed by atoms with Crippen molar-refractivity contribution in [2.45, 2.75) is 161 Å². The van der Waals surface area contributed by atoms with Gasteiger partial charge in [0.2, 0.25) is 5.91 Å². The zero-order chi connectivity index (χ0) is 41.1. The zero-order valence-electron chi connectivity index (χ0n) is 35.1. The van der Waals surface area contributed by atoms with Gasteiger partial charge in [-0.3, -0.25) is 13.8 Å². The number of aliphatic hydroxyl groups is 1. The van der Waals surface area contributed by atoms with Crippen LogP contribution in [0, 0.1) is 0 Å². The Morgan fingerprint density at radius 2 is 1.05 bits per heavy atom. The first kappa shape index (κ1) is 53.2. The smallest absolute Gasteiger partial charge is 0.387 e. The Bertz CT molecular complexity index is 1230. The van der Waals surface area contributed by atoms with E-state index in [-0.39, 0.29) is 32.1 Å². The third-order valence-corrected chi connectivity index (χ3v) is 9.54. The van der Waals surface area contributed by atoms with Gasteiger partial charge in [-0.1, -0.05) is 155 Å². The number of allylic oxidation sites excluding steroid dienone is 17. The topological polar surface area (TPSA) is 131 Å². The maximum atomic E-state index is 12.7. The largest absolute Gasteiger partial charge is 0.472 e. The van der Waals surface area contributed by atoms with E-state index >= 15 is 0 Å². The molecule has 0 bridgehead atoms. The molecule has 0 aliphatic rings. The van der Waals surface area contributed by atoms with Gasteiger partial charge in [0.15, 0.2) is 0 Å². The molecular weight excluding hydrogens is 719 g/mol. The molecule has 0 aliphatic heterocycles. The fourth-order valence-electron chi connectivity index (χ4n) is 5.34. The highest BCUT2D eigenvalue weighted by molar-refractivity contribution is 7.47. The Balaban J connectivity index is 4.43. The molecule has 56 heavy (non-hydrogen) atoms. The molecule has 0 aromatic carbocycles. The molecule has 0 aliphatic carbocycles. The van der Waals surface area contributed by atoms with Crippen molar-refractivity contribution in [3.05, 3.63) is 109 Å². The number of phosphoric acid groups is 1. The average Bonchev–Trinajstić information content (AvgIpc) is 3.19. The lowest BCUT2D eigenvalue weighted by Gasteiger charge is -2.23. The minimum Gasteiger partial charge on any atom is -0.387 e. The summed E-state index contributed by atoms with van der Waals surface area (Å²) >= 11 is 0. The highest BCUT2D eigenvalue weighted by atomic mass is 31.2. The number of rotatable bonds is 38. The highest BCUT2D eigenvalue weighted by Gasteiger charge is 2.26. The molecule has 0 aromatic rings. The molecule has 5 N–H and O–H groups in total. The molecule has 0 aromatic heterocycles. The summed E-state index contributed by atoms with van der Waals surface area (Å²) in [6.45, 7) is 3.92. The van der Waals surface area contributed by atoms with Gasteiger partial charge in [-0.25, -0.2) is 4.57 Å². The summed E-state index contributed by atoms with van der Waals surface area (Å²) in [5, 5.41) is 13.6. The number of unbranched alkanes of at least 4 members (excludes halogenated alkanes) is 10. The maximum absolute atomic E-state index is 12.7. The second-order valence-electron chi connectivity index (χ2n) is 13.8. The van der Waals surface area contributed by atoms with Crippen molar-refractivity contribution < 1.29 is 28.4 Å². The molecule has 1 amide bonds. The third kappa shape index (κ3) is 39.4. The lowest BCUT2D eigenvalue weighted by Crippen LogP contribution is -2.45. The third-order valence-electron chi connectivity index (χ3n) is 8.56. The Morgan fingerprint density at radius 1 is 0.607 bits per heavy atom. The van der Waals surface area contributed by atoms with Crippen LogP contribution in [0.25, 0.3) is 0 Å². The number of carbonyl (C=O) groups is 1. The zero-order valence-corrected chi connectivity index (χ0v) is 36.0. The molecule has 8 nitrogen and oxygen atoms in total. The average molecular weight is 799 g/mol. The number of nitrogens with two attached hydrogens (primary N) is 1. The van der Waals surface area contributed by atoms with E-state index < -0.39 is 20.0 Å². The molecule has 0 spiro atoms. The highest BCUT2D eigenvalue weighted by Crippen LogP contribution is 2.43. The predicted octanol–water partition coefficient (Wildman–Crippen LogP) is 12.2. The fraction of sp³-hybridized carbons (Fsp3) is 0.596. The number of amides is 1. The number of phosphoric ester groups is 1. The van der Waals surface area contributed by atoms with Crippen LogP contribution in [0.5, 0.6) is 0 Å². The van der Waals surface area contributed by atoms with Gasteiger partial charge in [0.1, 0.15) is 0 Å². The number of hydrogen-bond acceptors (Lipinski definition) is 6. The molecule has 0 saturated heterocycles. The van der Waals surface area contributed by atoms with Gasteiger partial charge >= 0.3 is 7.82 Å². The minimum absolute atomic E-state index is 0.0579. The quantitative estimate of drug-likeness (QED) is 0.0278. The van der Waals surface area contributed by atoms with Crippen LogP contribution in [-0.2, 0) is 18.4 Å². The Morgan fingerprint density at radius 3 is 1.59 bits per heavy atom. The van der Waals surface area contributed by atoms with Gasteiger partial charge in [-0.15, -0.1) is 0 Å². The lowest BCUT2D eigenvalue weighted by molar-refractivity contribution is -0.123. The van der Waals surface area contributed by atoms with Gasteiger partial charge in [0.05, 0.1) is 25.4 Å². The number of nitrogens with one attached hydrogen (secondary N) is 1. The van der Waals surface area contributed by atoms with Gasteiger partial charge in [-0.05, 0) is 96.3 Å². The van der Waals surface area contributed by atoms with E-state index in [1.807, 2.05) is 6.08 Å². The molecule has 318 valence electrons. The van der Waals surface area contributed by atoms with Gasteiger partial charge in [0, 0.05) is 13.0 Å². The van der Waals surface area contributed by atoms with Crippen molar-refractivity contribution in [2.75, 3.05) is 19.8 Å². The van der Waals surface area contributed by atoms with Crippen molar-refractivity contribution in [1.29, 1.82) is 0 Å². The molecular formula is C47H79N2O6P. The Labute approximate surface area is 342 Å². The summed E-state index contributed by atoms with van der Waals surface area (Å²) in [6, 6.07) is -0.914. The Hall–Kier alpha value is -2.84. The molecule has 3 atom stereocenters. The summed E-state index contributed by atoms with van der Waals surface area (Å²) < 4.78 is 22.1. The SMILES string of the molecule is CC/C=C\C/C=C\C/C=C\C/C=C\C/C=C\C/C=C\CCCCC(=O)NC(COP(=O)(O)OCCN)C(O)/C=C/CC/C=C/CC/C=C/CCCCCCCC. The van der Waals surface area contributed by atoms with Crippen LogP contribution >= 0.6 is 7.82 Å². The van der Waals surface area contributed by atoms with Crippen molar-refractivity contribution in [1.82, 2.24) is 5.32 Å². The van der Waals surface area contributed by atoms with Crippen LogP contribution in [0.3, 0.4) is 0 Å². The van der Waals surface area contributed by atoms with Crippen LogP contribution in [0.2, 0.25) is 0 Å². The fourth-order valence-corrected chi connectivity index (χ4v) is 6.10. The Kier molecular flexibility index (Phi) is 39.7. The monoisotopic (exact) mass is 799 g/mol. The van der Waals surface area contributed by atoms with Crippen LogP contribution in [0.1, 0.15) is 149 Å². The molecule has 0 rings (SSSR count). The van der Waals surface area contributed by atoms with Crippen LogP contribution in [0.4, 0.5) is 0 Å². The van der Waals surface area contributed by atoms with Crippen molar-refractivity contribution in [3.8, 4) is 0 Å². The minimum atomic E-state index is -4.37. The van der Waals surface area contributed by atoms with Crippen LogP contribution in [0.15, 0.2) is 109 Å². The first-order valence-electron chi connectivity index (χ1n) is 21.5. The summed E-state index contributed by atoms with van der Waals surface area (Å²) in [6.07, 6.45) is 58.5. The summed E-state index contributed by atoms with van der Waals surface area (Å²) in [5.74, 6) is -0.256. The second-order valence-corrected chi connectivity index (χ2v) is 15.2. The molecule has 0 heterocycles. The van der Waals surface area contributed by atoms with Crippen molar-refractivity contribution in [2.24, 2.45) is 5.73 Å². The van der Waals surface area contributed by atoms with Gasteiger partial charge < -0.3 is 21.1 Å². The number of aliphatic hydroxyl groups excluding tert-OH is 1. The van der Waals surface area contributed by atoms with Crippen LogP contribution in [-0.4, -0.2) is 47.8 Å². The summed E-state index contributed by atoms with van der Waals surface area (Å²) in [4.78, 5) is 22.7. The lowest BCUT2D eigenvalue weighted by atomic mass is 10.1. The maximum Gasteiger partial charge on any atom is 0.472 e. The number of hydrogen-bond donors (Lipinski definition) is 4. The van der Waals surface area contributed by atoms with E-state index in [2.05, 4.69) is 116 Å². The number of carbonyl (C=O) groups excluding carboxylic acids is 1. The van der Waals surface area contributed by atoms with Crippen LogP contribution < -0.4 is 11.1 Å². The standard InChI is InChI=1S/C47H79N2O6P/c1-3-5-7-9-11-13-15-17-19-21-22-23-24-25-27-29-31-33-35-37-39-41-47(51)49-45(44-55-56(52,53)54-43-42-48)46(50)40-38-36-34-32-30-28-26-20-18-16-14-12-10-8-6-4-2/h5,7,11,13,17-20,22-23,25,27,30-33,38,40,45-46,50H,3-4,6,8-10,12,14-16,21,24,26,28-29,34-37,39,41-44,48H2,1-2H3,(H,49,51)(H,52,53)/b7-5-,13-11-,19-17-,20-18+,23-22-,27-25-,32-30+,33-31-,40-38+. The van der Waals surface area contributed by atoms with E-state index in [0.717, 1.165) is 83.5 Å². The summed E-state index contributed by atoms with van der Waals surface area (Å²) in [5.41, 5.74) is 5.36. The molecule has 3 unspecified atom stereocenters. The first-order chi connectivity index (χ1) is 27.4. The molecule has 9 heteroatoms. The van der Waals surface area contributed by atoms with E-state index in [0.29, 0.717) is 6.42 Å². The van der Waals surface area contributed by atoms with E-state index in [9.17, 15) is 19.4 Å². The molecule has 0 saturated carbocycles. The van der Waals surface area contributed by atoms with Crippen molar-refractivity contribution in [3.63, 3.8) is 0 Å². The van der Waals surface area contributed by atoms with Crippen molar-refractivity contribution >= 4 is 13.7 Å². The molecule has 0 fully saturated rings. The van der Waals surface area contributed by atoms with Gasteiger partial charge in [-0.2, -0.15) is 0 Å². The normalized spacial score (nSPS) is 15.2. The van der Waals surface area contributed by atoms with E-state index in [1.165, 1.54) is 38.5 Å². The van der Waals surface area contributed by atoms with E-state index in [1.54, 1.807) is 6.08 Å². The van der Waals surface area contributed by atoms with Gasteiger partial charge in [0.25, 0.3) is 0 Å². The second kappa shape index (κ2) is 41.8. The summed E-state index contributed by atoms with van der Waals surface area (Å²) in [7, 11) is -4.37.